The molecule has 0 saturated carbocycles. The van der Waals surface area contributed by atoms with E-state index in [2.05, 4.69) is 17.4 Å². The third kappa shape index (κ3) is 5.11. The molecule has 1 aliphatic heterocycles. The van der Waals surface area contributed by atoms with Gasteiger partial charge in [0.1, 0.15) is 0 Å². The zero-order valence-corrected chi connectivity index (χ0v) is 15.8. The minimum atomic E-state index is -0.101. The Morgan fingerprint density at radius 3 is 2.62 bits per heavy atom. The second-order valence-corrected chi connectivity index (χ2v) is 7.70. The van der Waals surface area contributed by atoms with Crippen molar-refractivity contribution in [2.75, 3.05) is 17.2 Å². The molecule has 136 valence electrons. The fourth-order valence-electron chi connectivity index (χ4n) is 3.01. The van der Waals surface area contributed by atoms with E-state index in [-0.39, 0.29) is 17.9 Å². The number of carbonyl (C=O) groups is 2. The molecule has 26 heavy (non-hydrogen) atoms. The second-order valence-electron chi connectivity index (χ2n) is 6.60. The summed E-state index contributed by atoms with van der Waals surface area (Å²) < 4.78 is 0. The lowest BCUT2D eigenvalue weighted by Gasteiger charge is -2.17. The Morgan fingerprint density at radius 2 is 1.88 bits per heavy atom. The summed E-state index contributed by atoms with van der Waals surface area (Å²) in [5, 5.41) is 3.00. The summed E-state index contributed by atoms with van der Waals surface area (Å²) in [7, 11) is 0. The molecule has 0 aliphatic carbocycles. The molecule has 3 rings (SSSR count). The van der Waals surface area contributed by atoms with Crippen LogP contribution in [0.25, 0.3) is 0 Å². The number of nitrogens with zero attached hydrogens (tertiary/aromatic N) is 1. The smallest absolute Gasteiger partial charge is 0.229 e. The van der Waals surface area contributed by atoms with Crippen molar-refractivity contribution in [1.29, 1.82) is 0 Å². The van der Waals surface area contributed by atoms with Gasteiger partial charge < -0.3 is 10.2 Å². The average Bonchev–Trinajstić information content (AvgIpc) is 3.00. The maximum atomic E-state index is 12.2. The zero-order chi connectivity index (χ0) is 18.4. The minimum absolute atomic E-state index is 0.0223. The third-order valence-electron chi connectivity index (χ3n) is 4.42. The van der Waals surface area contributed by atoms with Gasteiger partial charge in [-0.25, -0.2) is 0 Å². The number of carbonyl (C=O) groups excluding carboxylic acids is 2. The van der Waals surface area contributed by atoms with Crippen LogP contribution < -0.4 is 10.2 Å². The van der Waals surface area contributed by atoms with Gasteiger partial charge in [-0.1, -0.05) is 48.0 Å². The highest BCUT2D eigenvalue weighted by molar-refractivity contribution is 7.98. The predicted molar refractivity (Wildman–Crippen MR) is 107 cm³/mol. The third-order valence-corrected chi connectivity index (χ3v) is 5.45. The van der Waals surface area contributed by atoms with Gasteiger partial charge in [0.2, 0.25) is 11.8 Å². The Morgan fingerprint density at radius 1 is 1.15 bits per heavy atom. The van der Waals surface area contributed by atoms with E-state index < -0.39 is 0 Å². The molecule has 1 aliphatic rings. The lowest BCUT2D eigenvalue weighted by atomic mass is 10.2. The number of rotatable bonds is 7. The number of amides is 2. The lowest BCUT2D eigenvalue weighted by molar-refractivity contribution is -0.121. The number of thioether (sulfide) groups is 1. The quantitative estimate of drug-likeness (QED) is 0.761. The summed E-state index contributed by atoms with van der Waals surface area (Å²) in [6.45, 7) is 2.57. The van der Waals surface area contributed by atoms with E-state index in [1.807, 2.05) is 49.4 Å². The van der Waals surface area contributed by atoms with Crippen LogP contribution in [-0.2, 0) is 15.3 Å². The van der Waals surface area contributed by atoms with Gasteiger partial charge in [0.25, 0.3) is 0 Å². The number of nitrogens with one attached hydrogen (secondary N) is 1. The standard InChI is InChI=1S/C21H24N2O2S/c1-16-7-9-19(10-8-16)23-14-18(13-21(23)25)22-20(24)11-12-26-15-17-5-3-2-4-6-17/h2-10,18H,11-15H2,1H3,(H,22,24)/t18-/m1/s1. The van der Waals surface area contributed by atoms with Crippen molar-refractivity contribution >= 4 is 29.3 Å². The summed E-state index contributed by atoms with van der Waals surface area (Å²) in [6.07, 6.45) is 0.851. The van der Waals surface area contributed by atoms with E-state index in [4.69, 9.17) is 0 Å². The van der Waals surface area contributed by atoms with Crippen molar-refractivity contribution in [1.82, 2.24) is 5.32 Å². The van der Waals surface area contributed by atoms with Crippen LogP contribution in [0, 0.1) is 6.92 Å². The van der Waals surface area contributed by atoms with Crippen LogP contribution in [0.3, 0.4) is 0 Å². The first-order valence-corrected chi connectivity index (χ1v) is 10.1. The van der Waals surface area contributed by atoms with Gasteiger partial charge in [-0.3, -0.25) is 9.59 Å². The number of benzene rings is 2. The molecule has 1 saturated heterocycles. The largest absolute Gasteiger partial charge is 0.351 e. The van der Waals surface area contributed by atoms with Crippen LogP contribution in [0.2, 0.25) is 0 Å². The summed E-state index contributed by atoms with van der Waals surface area (Å²) >= 11 is 1.75. The minimum Gasteiger partial charge on any atom is -0.351 e. The van der Waals surface area contributed by atoms with Gasteiger partial charge in [0, 0.05) is 36.6 Å². The molecule has 2 amide bonds. The maximum Gasteiger partial charge on any atom is 0.229 e. The number of aryl methyl sites for hydroxylation is 1. The molecule has 2 aromatic carbocycles. The van der Waals surface area contributed by atoms with Crippen LogP contribution >= 0.6 is 11.8 Å². The van der Waals surface area contributed by atoms with Crippen LogP contribution in [0.5, 0.6) is 0 Å². The van der Waals surface area contributed by atoms with Gasteiger partial charge in [-0.2, -0.15) is 11.8 Å². The molecule has 0 radical (unpaired) electrons. The summed E-state index contributed by atoms with van der Waals surface area (Å²) in [6, 6.07) is 18.1. The molecule has 1 N–H and O–H groups in total. The van der Waals surface area contributed by atoms with Gasteiger partial charge in [-0.15, -0.1) is 0 Å². The topological polar surface area (TPSA) is 49.4 Å². The fourth-order valence-corrected chi connectivity index (χ4v) is 3.91. The van der Waals surface area contributed by atoms with E-state index in [1.165, 1.54) is 11.1 Å². The Balaban J connectivity index is 1.40. The summed E-state index contributed by atoms with van der Waals surface area (Å²) in [4.78, 5) is 26.1. The van der Waals surface area contributed by atoms with Gasteiger partial charge >= 0.3 is 0 Å². The Kier molecular flexibility index (Phi) is 6.34. The molecule has 0 unspecified atom stereocenters. The number of hydrogen-bond acceptors (Lipinski definition) is 3. The van der Waals surface area contributed by atoms with Crippen molar-refractivity contribution in [3.8, 4) is 0 Å². The van der Waals surface area contributed by atoms with Crippen LogP contribution in [0.4, 0.5) is 5.69 Å². The molecule has 5 heteroatoms. The fraction of sp³-hybridized carbons (Fsp3) is 0.333. The van der Waals surface area contributed by atoms with E-state index >= 15 is 0 Å². The Hall–Kier alpha value is -2.27. The van der Waals surface area contributed by atoms with E-state index in [0.717, 1.165) is 17.2 Å². The van der Waals surface area contributed by atoms with Crippen molar-refractivity contribution in [3.05, 3.63) is 65.7 Å². The lowest BCUT2D eigenvalue weighted by Crippen LogP contribution is -2.37. The van der Waals surface area contributed by atoms with Crippen molar-refractivity contribution in [3.63, 3.8) is 0 Å². The van der Waals surface area contributed by atoms with Crippen LogP contribution in [0.15, 0.2) is 54.6 Å². The van der Waals surface area contributed by atoms with Crippen LogP contribution in [0.1, 0.15) is 24.0 Å². The van der Waals surface area contributed by atoms with E-state index in [0.29, 0.717) is 19.4 Å². The molecule has 1 atom stereocenters. The summed E-state index contributed by atoms with van der Waals surface area (Å²) in [5.74, 6) is 1.78. The Bertz CT molecular complexity index is 746. The first kappa shape index (κ1) is 18.5. The molecule has 4 nitrogen and oxygen atoms in total. The molecular weight excluding hydrogens is 344 g/mol. The molecule has 0 bridgehead atoms. The second kappa shape index (κ2) is 8.90. The molecular formula is C21H24N2O2S. The Labute approximate surface area is 159 Å². The summed E-state index contributed by atoms with van der Waals surface area (Å²) in [5.41, 5.74) is 3.34. The maximum absolute atomic E-state index is 12.2. The van der Waals surface area contributed by atoms with Crippen molar-refractivity contribution in [2.24, 2.45) is 0 Å². The molecule has 2 aromatic rings. The number of hydrogen-bond donors (Lipinski definition) is 1. The highest BCUT2D eigenvalue weighted by Crippen LogP contribution is 2.22. The molecule has 0 aromatic heterocycles. The monoisotopic (exact) mass is 368 g/mol. The first-order valence-electron chi connectivity index (χ1n) is 8.90. The molecule has 0 spiro atoms. The normalized spacial score (nSPS) is 16.7. The molecule has 1 fully saturated rings. The molecule has 1 heterocycles. The van der Waals surface area contributed by atoms with Crippen LogP contribution in [-0.4, -0.2) is 30.2 Å². The zero-order valence-electron chi connectivity index (χ0n) is 15.0. The highest BCUT2D eigenvalue weighted by Gasteiger charge is 2.31. The number of anilines is 1. The van der Waals surface area contributed by atoms with E-state index in [1.54, 1.807) is 16.7 Å². The first-order chi connectivity index (χ1) is 12.6. The van der Waals surface area contributed by atoms with Crippen molar-refractivity contribution < 1.29 is 9.59 Å². The predicted octanol–water partition coefficient (Wildman–Crippen LogP) is 3.54. The van der Waals surface area contributed by atoms with Gasteiger partial charge in [0.15, 0.2) is 0 Å². The van der Waals surface area contributed by atoms with Gasteiger partial charge in [0.05, 0.1) is 6.04 Å². The van der Waals surface area contributed by atoms with E-state index in [9.17, 15) is 9.59 Å². The van der Waals surface area contributed by atoms with Crippen molar-refractivity contribution in [2.45, 2.75) is 31.6 Å². The average molecular weight is 369 g/mol. The SMILES string of the molecule is Cc1ccc(N2C[C@H](NC(=O)CCSCc3ccccc3)CC2=O)cc1. The van der Waals surface area contributed by atoms with Gasteiger partial charge in [-0.05, 0) is 24.6 Å². The highest BCUT2D eigenvalue weighted by atomic mass is 32.2.